The van der Waals surface area contributed by atoms with Crippen molar-refractivity contribution in [3.8, 4) is 16.9 Å². The maximum atomic E-state index is 13.2. The molecule has 2 aromatic carbocycles. The number of aryl methyl sites for hydroxylation is 1. The Kier molecular flexibility index (Phi) is 7.41. The zero-order valence-corrected chi connectivity index (χ0v) is 19.7. The lowest BCUT2D eigenvalue weighted by Crippen LogP contribution is -2.40. The summed E-state index contributed by atoms with van der Waals surface area (Å²) in [6.45, 7) is 0.206. The first-order valence-corrected chi connectivity index (χ1v) is 12.6. The van der Waals surface area contributed by atoms with Gasteiger partial charge in [0.15, 0.2) is 5.78 Å². The van der Waals surface area contributed by atoms with Gasteiger partial charge in [0.1, 0.15) is 11.6 Å². The van der Waals surface area contributed by atoms with Gasteiger partial charge in [-0.1, -0.05) is 12.1 Å². The second-order valence-electron chi connectivity index (χ2n) is 8.30. The van der Waals surface area contributed by atoms with Gasteiger partial charge in [0, 0.05) is 24.9 Å². The van der Waals surface area contributed by atoms with Gasteiger partial charge in [-0.25, -0.2) is 12.8 Å². The molecule has 3 aromatic rings. The molecule has 190 valence electrons. The molecular weight excluding hydrogens is 500 g/mol. The third kappa shape index (κ3) is 6.08. The van der Waals surface area contributed by atoms with Crippen molar-refractivity contribution in [3.05, 3.63) is 78.4 Å². The van der Waals surface area contributed by atoms with Crippen LogP contribution in [0, 0.1) is 5.82 Å². The highest BCUT2D eigenvalue weighted by Gasteiger charge is 2.39. The number of hydrogen-bond donors (Lipinski definition) is 0. The van der Waals surface area contributed by atoms with E-state index in [0.29, 0.717) is 29.7 Å². The van der Waals surface area contributed by atoms with Crippen molar-refractivity contribution in [1.29, 1.82) is 0 Å². The van der Waals surface area contributed by atoms with Gasteiger partial charge in [-0.2, -0.15) is 4.31 Å². The lowest BCUT2D eigenvalue weighted by Gasteiger charge is -2.23. The van der Waals surface area contributed by atoms with Crippen LogP contribution in [0.15, 0.2) is 71.8 Å². The minimum Gasteiger partial charge on any atom is -0.406 e. The Morgan fingerprint density at radius 3 is 2.39 bits per heavy atom. The van der Waals surface area contributed by atoms with Crippen molar-refractivity contribution < 1.29 is 35.5 Å². The standard InChI is InChI=1S/C25H22F4N2O4S/c26-19-5-10-22(11-6-19)36(33,34)31-15-1-2-23(31)24(32)12-7-20-16-18(13-14-30-20)17-3-8-21(9-4-17)35-25(27,28)29/h3-6,8-11,13-14,16,23H,1-2,7,12,15H2/t23-/m0/s1. The predicted molar refractivity (Wildman–Crippen MR) is 123 cm³/mol. The van der Waals surface area contributed by atoms with E-state index in [2.05, 4.69) is 9.72 Å². The number of halogens is 4. The summed E-state index contributed by atoms with van der Waals surface area (Å²) in [6.07, 6.45) is -1.96. The van der Waals surface area contributed by atoms with Crippen LogP contribution in [0.4, 0.5) is 17.6 Å². The highest BCUT2D eigenvalue weighted by atomic mass is 32.2. The molecule has 0 amide bonds. The van der Waals surface area contributed by atoms with E-state index in [-0.39, 0.29) is 35.8 Å². The van der Waals surface area contributed by atoms with E-state index < -0.39 is 28.2 Å². The molecule has 11 heteroatoms. The molecule has 36 heavy (non-hydrogen) atoms. The Hall–Kier alpha value is -3.31. The molecule has 1 saturated heterocycles. The third-order valence-corrected chi connectivity index (χ3v) is 7.78. The van der Waals surface area contributed by atoms with E-state index in [1.54, 1.807) is 12.1 Å². The normalized spacial score (nSPS) is 16.7. The van der Waals surface area contributed by atoms with Crippen molar-refractivity contribution >= 4 is 15.8 Å². The first kappa shape index (κ1) is 25.8. The molecule has 4 rings (SSSR count). The summed E-state index contributed by atoms with van der Waals surface area (Å²) in [7, 11) is -3.94. The SMILES string of the molecule is O=C(CCc1cc(-c2ccc(OC(F)(F)F)cc2)ccn1)[C@@H]1CCCN1S(=O)(=O)c1ccc(F)cc1. The van der Waals surface area contributed by atoms with Gasteiger partial charge in [-0.05, 0) is 78.9 Å². The van der Waals surface area contributed by atoms with Crippen LogP contribution in [0.3, 0.4) is 0 Å². The zero-order valence-electron chi connectivity index (χ0n) is 18.9. The first-order chi connectivity index (χ1) is 17.0. The highest BCUT2D eigenvalue weighted by molar-refractivity contribution is 7.89. The number of Topliss-reactive ketones (excluding diaryl/α,β-unsaturated/α-hetero) is 1. The molecule has 6 nitrogen and oxygen atoms in total. The highest BCUT2D eigenvalue weighted by Crippen LogP contribution is 2.29. The van der Waals surface area contributed by atoms with Crippen LogP contribution < -0.4 is 4.74 Å². The zero-order chi connectivity index (χ0) is 25.9. The maximum absolute atomic E-state index is 13.2. The summed E-state index contributed by atoms with van der Waals surface area (Å²) < 4.78 is 81.4. The summed E-state index contributed by atoms with van der Waals surface area (Å²) in [5.74, 6) is -1.12. The summed E-state index contributed by atoms with van der Waals surface area (Å²) >= 11 is 0. The molecular formula is C25H22F4N2O4S. The molecule has 0 bridgehead atoms. The summed E-state index contributed by atoms with van der Waals surface area (Å²) in [5.41, 5.74) is 1.93. The molecule has 2 heterocycles. The van der Waals surface area contributed by atoms with Gasteiger partial charge in [0.05, 0.1) is 10.9 Å². The van der Waals surface area contributed by atoms with Gasteiger partial charge in [0.2, 0.25) is 10.0 Å². The van der Waals surface area contributed by atoms with Crippen molar-refractivity contribution in [1.82, 2.24) is 9.29 Å². The number of benzene rings is 2. The van der Waals surface area contributed by atoms with Gasteiger partial charge in [0.25, 0.3) is 0 Å². The monoisotopic (exact) mass is 522 g/mol. The Balaban J connectivity index is 1.42. The van der Waals surface area contributed by atoms with E-state index in [0.717, 1.165) is 12.1 Å². The molecule has 0 aliphatic carbocycles. The van der Waals surface area contributed by atoms with E-state index in [1.807, 2.05) is 0 Å². The third-order valence-electron chi connectivity index (χ3n) is 5.86. The number of sulfonamides is 1. The van der Waals surface area contributed by atoms with E-state index in [4.69, 9.17) is 0 Å². The Morgan fingerprint density at radius 1 is 1.03 bits per heavy atom. The Morgan fingerprint density at radius 2 is 1.72 bits per heavy atom. The van der Waals surface area contributed by atoms with E-state index >= 15 is 0 Å². The number of hydrogen-bond acceptors (Lipinski definition) is 5. The number of ketones is 1. The van der Waals surface area contributed by atoms with Gasteiger partial charge < -0.3 is 4.74 Å². The van der Waals surface area contributed by atoms with Crippen molar-refractivity contribution in [3.63, 3.8) is 0 Å². The number of rotatable bonds is 8. The van der Waals surface area contributed by atoms with E-state index in [9.17, 15) is 30.8 Å². The molecule has 1 fully saturated rings. The average Bonchev–Trinajstić information content (AvgIpc) is 3.34. The van der Waals surface area contributed by atoms with Crippen molar-refractivity contribution in [2.24, 2.45) is 0 Å². The smallest absolute Gasteiger partial charge is 0.406 e. The summed E-state index contributed by atoms with van der Waals surface area (Å²) in [6, 6.07) is 12.5. The fraction of sp³-hybridized carbons (Fsp3) is 0.280. The quantitative estimate of drug-likeness (QED) is 0.383. The number of nitrogens with zero attached hydrogens (tertiary/aromatic N) is 2. The molecule has 1 aliphatic heterocycles. The number of aromatic nitrogens is 1. The molecule has 0 spiro atoms. The van der Waals surface area contributed by atoms with Crippen LogP contribution in [0.5, 0.6) is 5.75 Å². The average molecular weight is 523 g/mol. The first-order valence-electron chi connectivity index (χ1n) is 11.1. The predicted octanol–water partition coefficient (Wildman–Crippen LogP) is 5.14. The second-order valence-corrected chi connectivity index (χ2v) is 10.2. The van der Waals surface area contributed by atoms with Gasteiger partial charge in [-0.3, -0.25) is 9.78 Å². The minimum atomic E-state index is -4.77. The Labute approximate surface area is 205 Å². The number of carbonyl (C=O) groups excluding carboxylic acids is 1. The van der Waals surface area contributed by atoms with Crippen LogP contribution in [-0.4, -0.2) is 42.4 Å². The summed E-state index contributed by atoms with van der Waals surface area (Å²) in [4.78, 5) is 17.2. The fourth-order valence-corrected chi connectivity index (χ4v) is 5.83. The van der Waals surface area contributed by atoms with Crippen LogP contribution in [-0.2, 0) is 21.2 Å². The van der Waals surface area contributed by atoms with Gasteiger partial charge >= 0.3 is 6.36 Å². The lowest BCUT2D eigenvalue weighted by molar-refractivity contribution is -0.274. The Bertz CT molecular complexity index is 1330. The maximum Gasteiger partial charge on any atom is 0.573 e. The number of pyridine rings is 1. The number of carbonyl (C=O) groups is 1. The van der Waals surface area contributed by atoms with Crippen LogP contribution in [0.2, 0.25) is 0 Å². The molecule has 0 radical (unpaired) electrons. The molecule has 1 aliphatic rings. The molecule has 1 aromatic heterocycles. The van der Waals surface area contributed by atoms with Crippen LogP contribution >= 0.6 is 0 Å². The molecule has 0 unspecified atom stereocenters. The van der Waals surface area contributed by atoms with Crippen molar-refractivity contribution in [2.75, 3.05) is 6.54 Å². The van der Waals surface area contributed by atoms with E-state index in [1.165, 1.54) is 46.9 Å². The van der Waals surface area contributed by atoms with Crippen molar-refractivity contribution in [2.45, 2.75) is 43.0 Å². The second kappa shape index (κ2) is 10.4. The molecule has 0 N–H and O–H groups in total. The fourth-order valence-electron chi connectivity index (χ4n) is 4.15. The topological polar surface area (TPSA) is 76.6 Å². The van der Waals surface area contributed by atoms with Crippen LogP contribution in [0.1, 0.15) is 25.0 Å². The lowest BCUT2D eigenvalue weighted by atomic mass is 10.0. The number of ether oxygens (including phenoxy) is 1. The summed E-state index contributed by atoms with van der Waals surface area (Å²) in [5, 5.41) is 0. The largest absolute Gasteiger partial charge is 0.573 e. The van der Waals surface area contributed by atoms with Crippen LogP contribution in [0.25, 0.3) is 11.1 Å². The number of alkyl halides is 3. The molecule has 1 atom stereocenters. The molecule has 0 saturated carbocycles. The van der Waals surface area contributed by atoms with Gasteiger partial charge in [-0.15, -0.1) is 13.2 Å². The minimum absolute atomic E-state index is 0.0644.